The Labute approximate surface area is 209 Å². The number of furan rings is 1. The molecule has 170 valence electrons. The fraction of sp³-hybridized carbons (Fsp3) is 0.0833. The molecule has 0 atom stereocenters. The number of thioether (sulfide) groups is 1. The van der Waals surface area contributed by atoms with E-state index in [4.69, 9.17) is 37.8 Å². The highest BCUT2D eigenvalue weighted by Crippen LogP contribution is 2.32. The number of aliphatic imine (C=N–C) groups is 1. The molecule has 1 aromatic heterocycles. The van der Waals surface area contributed by atoms with Crippen molar-refractivity contribution in [3.63, 3.8) is 0 Å². The fourth-order valence-corrected chi connectivity index (χ4v) is 4.42. The molecule has 0 saturated carbocycles. The van der Waals surface area contributed by atoms with Crippen LogP contribution in [-0.4, -0.2) is 33.6 Å². The van der Waals surface area contributed by atoms with Gasteiger partial charge in [-0.2, -0.15) is 15.1 Å². The zero-order valence-electron chi connectivity index (χ0n) is 17.7. The second kappa shape index (κ2) is 9.13. The van der Waals surface area contributed by atoms with Crippen molar-refractivity contribution in [2.45, 2.75) is 6.92 Å². The number of halogens is 2. The Hall–Kier alpha value is -3.33. The number of para-hydroxylation sites is 1. The number of hydrogen-bond donors (Lipinski definition) is 1. The quantitative estimate of drug-likeness (QED) is 0.409. The number of carbonyl (C=O) groups is 1. The summed E-state index contributed by atoms with van der Waals surface area (Å²) in [6.07, 6.45) is 1.48. The molecule has 0 radical (unpaired) electrons. The molecule has 2 aliphatic rings. The molecule has 2 aliphatic heterocycles. The highest BCUT2D eigenvalue weighted by Gasteiger charge is 2.36. The Kier molecular flexibility index (Phi) is 6.03. The average Bonchev–Trinajstić information content (AvgIpc) is 3.45. The summed E-state index contributed by atoms with van der Waals surface area (Å²) >= 11 is 13.3. The Balaban J connectivity index is 1.34. The highest BCUT2D eigenvalue weighted by atomic mass is 35.5. The third kappa shape index (κ3) is 4.40. The predicted octanol–water partition coefficient (Wildman–Crippen LogP) is 6.26. The van der Waals surface area contributed by atoms with Gasteiger partial charge in [-0.3, -0.25) is 10.2 Å². The van der Waals surface area contributed by atoms with E-state index in [9.17, 15) is 4.79 Å². The lowest BCUT2D eigenvalue weighted by atomic mass is 10.1. The zero-order chi connectivity index (χ0) is 23.8. The first-order chi connectivity index (χ1) is 16.4. The number of benzene rings is 2. The molecule has 5 rings (SSSR count). The Bertz CT molecular complexity index is 1430. The van der Waals surface area contributed by atoms with Gasteiger partial charge in [-0.25, -0.2) is 0 Å². The Morgan fingerprint density at radius 1 is 1.15 bits per heavy atom. The number of fused-ring (bicyclic) bond motifs is 1. The summed E-state index contributed by atoms with van der Waals surface area (Å²) in [6, 6.07) is 16.3. The fourth-order valence-electron chi connectivity index (χ4n) is 3.33. The van der Waals surface area contributed by atoms with E-state index in [0.29, 0.717) is 31.8 Å². The number of carbonyl (C=O) groups excluding carboxylic acids is 1. The number of amides is 1. The molecule has 3 heterocycles. The zero-order valence-corrected chi connectivity index (χ0v) is 20.0. The van der Waals surface area contributed by atoms with Gasteiger partial charge in [-0.15, -0.1) is 0 Å². The van der Waals surface area contributed by atoms with Crippen molar-refractivity contribution in [2.24, 2.45) is 10.1 Å². The molecule has 34 heavy (non-hydrogen) atoms. The minimum atomic E-state index is -0.535. The summed E-state index contributed by atoms with van der Waals surface area (Å²) in [4.78, 5) is 16.7. The van der Waals surface area contributed by atoms with Crippen molar-refractivity contribution in [3.05, 3.63) is 81.5 Å². The first-order valence-electron chi connectivity index (χ1n) is 10.1. The van der Waals surface area contributed by atoms with Crippen molar-refractivity contribution in [1.29, 1.82) is 5.41 Å². The van der Waals surface area contributed by atoms with E-state index in [0.717, 1.165) is 16.9 Å². The normalized spacial score (nSPS) is 16.6. The maximum atomic E-state index is 12.6. The summed E-state index contributed by atoms with van der Waals surface area (Å²) in [5, 5.41) is 16.0. The van der Waals surface area contributed by atoms with E-state index >= 15 is 0 Å². The maximum absolute atomic E-state index is 12.6. The molecule has 0 unspecified atom stereocenters. The number of nitrogens with one attached hydrogen (secondary N) is 1. The number of rotatable bonds is 5. The van der Waals surface area contributed by atoms with Crippen LogP contribution in [-0.2, 0) is 4.79 Å². The number of aryl methyl sites for hydroxylation is 1. The van der Waals surface area contributed by atoms with Gasteiger partial charge in [-0.1, -0.05) is 41.4 Å². The third-order valence-electron chi connectivity index (χ3n) is 5.06. The maximum Gasteiger partial charge on any atom is 0.283 e. The van der Waals surface area contributed by atoms with Gasteiger partial charge in [0.2, 0.25) is 5.17 Å². The van der Waals surface area contributed by atoms with E-state index < -0.39 is 5.91 Å². The molecule has 2 aromatic carbocycles. The second-order valence-electron chi connectivity index (χ2n) is 7.40. The smallest absolute Gasteiger partial charge is 0.283 e. The van der Waals surface area contributed by atoms with Crippen LogP contribution in [0.25, 0.3) is 17.4 Å². The van der Waals surface area contributed by atoms with Gasteiger partial charge in [0.1, 0.15) is 28.9 Å². The van der Waals surface area contributed by atoms with E-state index in [-0.39, 0.29) is 18.0 Å². The summed E-state index contributed by atoms with van der Waals surface area (Å²) < 4.78 is 11.7. The molecule has 0 bridgehead atoms. The van der Waals surface area contributed by atoms with Crippen LogP contribution in [0.15, 0.2) is 74.7 Å². The molecule has 1 amide bonds. The predicted molar refractivity (Wildman–Crippen MR) is 136 cm³/mol. The number of nitrogens with zero attached hydrogens (tertiary/aromatic N) is 3. The van der Waals surface area contributed by atoms with Crippen LogP contribution < -0.4 is 4.74 Å². The monoisotopic (exact) mass is 510 g/mol. The van der Waals surface area contributed by atoms with Crippen LogP contribution >= 0.6 is 35.0 Å². The van der Waals surface area contributed by atoms with Gasteiger partial charge in [0.25, 0.3) is 5.91 Å². The molecule has 0 fully saturated rings. The summed E-state index contributed by atoms with van der Waals surface area (Å²) in [5.41, 5.74) is 1.82. The summed E-state index contributed by atoms with van der Waals surface area (Å²) in [7, 11) is 0. The SMILES string of the molecule is Cc1ccccc1OCC1=NN2C(=N)C(=Cc3ccc(-c4ccc(Cl)c(Cl)c4)o3)C(=O)N=C2S1. The minimum absolute atomic E-state index is 0.0733. The highest BCUT2D eigenvalue weighted by molar-refractivity contribution is 8.27. The van der Waals surface area contributed by atoms with E-state index in [1.807, 2.05) is 31.2 Å². The van der Waals surface area contributed by atoms with Gasteiger partial charge < -0.3 is 9.15 Å². The van der Waals surface area contributed by atoms with Crippen LogP contribution in [0.3, 0.4) is 0 Å². The lowest BCUT2D eigenvalue weighted by Gasteiger charge is -2.19. The first-order valence-corrected chi connectivity index (χ1v) is 11.7. The number of ether oxygens (including phenoxy) is 1. The van der Waals surface area contributed by atoms with Crippen molar-refractivity contribution in [2.75, 3.05) is 6.61 Å². The molecule has 1 N–H and O–H groups in total. The Morgan fingerprint density at radius 3 is 2.76 bits per heavy atom. The van der Waals surface area contributed by atoms with Gasteiger partial charge >= 0.3 is 0 Å². The molecule has 0 saturated heterocycles. The van der Waals surface area contributed by atoms with E-state index in [1.54, 1.807) is 30.3 Å². The van der Waals surface area contributed by atoms with Gasteiger partial charge in [-0.05, 0) is 66.7 Å². The van der Waals surface area contributed by atoms with Crippen LogP contribution in [0.5, 0.6) is 5.75 Å². The van der Waals surface area contributed by atoms with E-state index in [2.05, 4.69) is 10.1 Å². The van der Waals surface area contributed by atoms with Gasteiger partial charge in [0.05, 0.1) is 15.6 Å². The van der Waals surface area contributed by atoms with Crippen LogP contribution in [0.2, 0.25) is 10.0 Å². The standard InChI is InChI=1S/C24H16Cl2N4O3S/c1-13-4-2-3-5-19(13)32-12-21-29-30-22(27)16(23(31)28-24(30)34-21)11-15-7-9-20(33-15)14-6-8-17(25)18(26)10-14/h2-11,27H,12H2,1H3. The molecular weight excluding hydrogens is 495 g/mol. The van der Waals surface area contributed by atoms with Crippen LogP contribution in [0, 0.1) is 12.3 Å². The first kappa shape index (κ1) is 22.5. The van der Waals surface area contributed by atoms with Crippen LogP contribution in [0.4, 0.5) is 0 Å². The lowest BCUT2D eigenvalue weighted by Crippen LogP contribution is -2.35. The third-order valence-corrected chi connectivity index (χ3v) is 6.68. The molecule has 3 aromatic rings. The number of hydrazone groups is 1. The van der Waals surface area contributed by atoms with Crippen molar-refractivity contribution >= 4 is 63.0 Å². The average molecular weight is 511 g/mol. The minimum Gasteiger partial charge on any atom is -0.486 e. The van der Waals surface area contributed by atoms with E-state index in [1.165, 1.54) is 22.8 Å². The summed E-state index contributed by atoms with van der Waals surface area (Å²) in [5.74, 6) is 1.08. The largest absolute Gasteiger partial charge is 0.486 e. The van der Waals surface area contributed by atoms with Crippen molar-refractivity contribution < 1.29 is 13.9 Å². The van der Waals surface area contributed by atoms with Crippen molar-refractivity contribution in [1.82, 2.24) is 5.01 Å². The second-order valence-corrected chi connectivity index (χ2v) is 9.25. The Morgan fingerprint density at radius 2 is 1.97 bits per heavy atom. The van der Waals surface area contributed by atoms with Crippen molar-refractivity contribution in [3.8, 4) is 17.1 Å². The number of hydrogen-bond acceptors (Lipinski definition) is 6. The van der Waals surface area contributed by atoms with Gasteiger partial charge in [0, 0.05) is 5.56 Å². The summed E-state index contributed by atoms with van der Waals surface area (Å²) in [6.45, 7) is 2.16. The molecule has 0 aliphatic carbocycles. The topological polar surface area (TPSA) is 91.2 Å². The number of amidine groups is 2. The van der Waals surface area contributed by atoms with Gasteiger partial charge in [0.15, 0.2) is 5.84 Å². The molecule has 0 spiro atoms. The molecule has 7 nitrogen and oxygen atoms in total. The molecule has 10 heteroatoms. The van der Waals surface area contributed by atoms with Crippen LogP contribution in [0.1, 0.15) is 11.3 Å². The lowest BCUT2D eigenvalue weighted by molar-refractivity contribution is -0.114. The molecular formula is C24H16Cl2N4O3S.